The maximum Gasteiger partial charge on any atom is 0.490 e. The summed E-state index contributed by atoms with van der Waals surface area (Å²) in [6, 6.07) is 42.6. The molecule has 10 rings (SSSR count). The van der Waals surface area contributed by atoms with Crippen LogP contribution in [0.4, 0.5) is 13.2 Å². The number of carboxylic acids is 2. The van der Waals surface area contributed by atoms with E-state index in [1.807, 2.05) is 121 Å². The van der Waals surface area contributed by atoms with Crippen LogP contribution < -0.4 is 14.8 Å². The van der Waals surface area contributed by atoms with Gasteiger partial charge in [-0.05, 0) is 155 Å². The number of para-hydroxylation sites is 2. The number of carboxylic acid groups (broad SMARTS) is 2. The standard InChI is InChI=1S/C24H28ClNO2.C12H12Cl2O.C12H17NO.C11H11ClO2.C2HF3O2/c25-21-11-9-20(10-12-21)24(13-5-14-24)23(27)17-26-15-4-6-19(16-26)18-28-22-7-2-1-3-8-22;13-8-11(15)12(6-1-7-12)9-2-4-10(14)5-3-9;1-2-6-12(7-3-1)14-10-11-5-4-8-13-9-11;12-9-4-2-8(3-5-9)11(10(13)14)6-1-7-11;3-2(4,5)1(6)7/h1-3,7-12,19H,4-6,13-18H2;2-5H,1,6-8H2;1-3,6-7,11,13H,4-5,8-10H2;2-5H,1,6-7H2,(H,13,14);(H,6,7). The zero-order valence-electron chi connectivity index (χ0n) is 43.6. The van der Waals surface area contributed by atoms with Crippen molar-refractivity contribution in [1.82, 2.24) is 10.2 Å². The van der Waals surface area contributed by atoms with E-state index < -0.39 is 23.5 Å². The first kappa shape index (κ1) is 62.1. The highest BCUT2D eigenvalue weighted by molar-refractivity contribution is 6.31. The Kier molecular flexibility index (Phi) is 23.8. The molecule has 0 amide bonds. The van der Waals surface area contributed by atoms with Gasteiger partial charge in [0.15, 0.2) is 11.6 Å². The monoisotopic (exact) mass is 1150 g/mol. The molecular formula is C61H69Cl4F3N2O8. The molecule has 2 heterocycles. The number of nitrogens with zero attached hydrogens (tertiary/aromatic N) is 1. The number of nitrogens with one attached hydrogen (secondary N) is 1. The predicted octanol–water partition coefficient (Wildman–Crippen LogP) is 14.2. The summed E-state index contributed by atoms with van der Waals surface area (Å²) in [6.45, 7) is 6.33. The number of carbonyl (C=O) groups excluding carboxylic acids is 2. The van der Waals surface area contributed by atoms with Crippen LogP contribution in [0.25, 0.3) is 0 Å². The molecule has 10 nitrogen and oxygen atoms in total. The molecule has 0 bridgehead atoms. The Bertz CT molecular complexity index is 2650. The fourth-order valence-electron chi connectivity index (χ4n) is 10.4. The van der Waals surface area contributed by atoms with Crippen molar-refractivity contribution >= 4 is 69.9 Å². The minimum absolute atomic E-state index is 0.0998. The van der Waals surface area contributed by atoms with Crippen LogP contribution in [0.15, 0.2) is 133 Å². The maximum absolute atomic E-state index is 13.3. The van der Waals surface area contributed by atoms with Gasteiger partial charge in [-0.1, -0.05) is 127 Å². The number of benzene rings is 5. The van der Waals surface area contributed by atoms with Crippen molar-refractivity contribution in [2.24, 2.45) is 11.8 Å². The Labute approximate surface area is 475 Å². The number of likely N-dealkylation sites (tertiary alicyclic amines) is 1. The normalized spacial score (nSPS) is 19.6. The number of hydrogen-bond acceptors (Lipinski definition) is 8. The van der Waals surface area contributed by atoms with Crippen LogP contribution in [-0.2, 0) is 35.4 Å². The fourth-order valence-corrected chi connectivity index (χ4v) is 11.1. The predicted molar refractivity (Wildman–Crippen MR) is 302 cm³/mol. The van der Waals surface area contributed by atoms with Gasteiger partial charge in [0.05, 0.1) is 41.9 Å². The molecule has 2 saturated heterocycles. The van der Waals surface area contributed by atoms with Crippen LogP contribution in [0.5, 0.6) is 11.5 Å². The Balaban J connectivity index is 0.000000169. The zero-order chi connectivity index (χ0) is 56.2. The van der Waals surface area contributed by atoms with Gasteiger partial charge in [-0.15, -0.1) is 11.6 Å². The maximum atomic E-state index is 13.3. The van der Waals surface area contributed by atoms with Crippen LogP contribution in [0.1, 0.15) is 100 Å². The lowest BCUT2D eigenvalue weighted by Gasteiger charge is -2.43. The molecule has 2 atom stereocenters. The van der Waals surface area contributed by atoms with Crippen molar-refractivity contribution in [3.63, 3.8) is 0 Å². The highest BCUT2D eigenvalue weighted by Crippen LogP contribution is 2.47. The molecule has 0 spiro atoms. The van der Waals surface area contributed by atoms with Gasteiger partial charge in [-0.25, -0.2) is 4.79 Å². The third-order valence-electron chi connectivity index (χ3n) is 15.5. The average Bonchev–Trinajstić information content (AvgIpc) is 3.44. The molecule has 5 aliphatic rings. The molecule has 3 saturated carbocycles. The lowest BCUT2D eigenvalue weighted by Crippen LogP contribution is -2.49. The zero-order valence-corrected chi connectivity index (χ0v) is 46.7. The molecule has 78 heavy (non-hydrogen) atoms. The first-order valence-electron chi connectivity index (χ1n) is 26.6. The second kappa shape index (κ2) is 29.9. The van der Waals surface area contributed by atoms with Gasteiger partial charge in [0.25, 0.3) is 0 Å². The summed E-state index contributed by atoms with van der Waals surface area (Å²) in [4.78, 5) is 47.5. The molecule has 2 unspecified atom stereocenters. The first-order chi connectivity index (χ1) is 37.4. The third kappa shape index (κ3) is 17.4. The van der Waals surface area contributed by atoms with E-state index >= 15 is 0 Å². The van der Waals surface area contributed by atoms with Gasteiger partial charge in [0, 0.05) is 40.0 Å². The van der Waals surface area contributed by atoms with Crippen molar-refractivity contribution in [2.75, 3.05) is 51.8 Å². The second-order valence-corrected chi connectivity index (χ2v) is 22.2. The van der Waals surface area contributed by atoms with Gasteiger partial charge in [0.1, 0.15) is 11.5 Å². The summed E-state index contributed by atoms with van der Waals surface area (Å²) in [7, 11) is 0. The highest BCUT2D eigenvalue weighted by atomic mass is 35.5. The summed E-state index contributed by atoms with van der Waals surface area (Å²) >= 11 is 23.3. The molecule has 3 N–H and O–H groups in total. The van der Waals surface area contributed by atoms with Crippen LogP contribution in [0.3, 0.4) is 0 Å². The SMILES string of the molecule is O=C(CCl)C1(c2ccc(Cl)cc2)CCC1.O=C(CN1CCCC(COc2ccccc2)C1)C1(c2ccc(Cl)cc2)CCC1.O=C(O)C(F)(F)F.O=C(O)C1(c2ccc(Cl)cc2)CCC1.c1ccc(OCC2CCCNC2)cc1. The van der Waals surface area contributed by atoms with Crippen LogP contribution >= 0.6 is 46.4 Å². The van der Waals surface area contributed by atoms with Crippen LogP contribution in [-0.4, -0.2) is 96.6 Å². The van der Waals surface area contributed by atoms with Crippen molar-refractivity contribution in [3.8, 4) is 11.5 Å². The summed E-state index contributed by atoms with van der Waals surface area (Å²) in [5, 5.41) is 21.8. The number of alkyl halides is 4. The molecule has 17 heteroatoms. The molecule has 5 aromatic carbocycles. The molecular weight excluding hydrogens is 1090 g/mol. The summed E-state index contributed by atoms with van der Waals surface area (Å²) < 4.78 is 43.4. The van der Waals surface area contributed by atoms with E-state index in [9.17, 15) is 32.7 Å². The number of rotatable bonds is 15. The van der Waals surface area contributed by atoms with Crippen molar-refractivity contribution in [1.29, 1.82) is 0 Å². The number of Topliss-reactive ketones (excluding diaryl/α,β-unsaturated/α-hetero) is 2. The molecule has 5 fully saturated rings. The van der Waals surface area contributed by atoms with Crippen LogP contribution in [0, 0.1) is 11.8 Å². The highest BCUT2D eigenvalue weighted by Gasteiger charge is 2.47. The van der Waals surface area contributed by atoms with Crippen molar-refractivity contribution < 1.29 is 52.0 Å². The molecule has 420 valence electrons. The van der Waals surface area contributed by atoms with E-state index in [0.717, 1.165) is 130 Å². The number of aliphatic carboxylic acids is 2. The fraction of sp³-hybridized carbons (Fsp3) is 0.443. The Morgan fingerprint density at radius 3 is 1.32 bits per heavy atom. The number of halogens is 7. The molecule has 5 aromatic rings. The lowest BCUT2D eigenvalue weighted by atomic mass is 9.62. The van der Waals surface area contributed by atoms with E-state index in [2.05, 4.69) is 10.2 Å². The topological polar surface area (TPSA) is 142 Å². The van der Waals surface area contributed by atoms with Crippen molar-refractivity contribution in [3.05, 3.63) is 165 Å². The molecule has 0 aromatic heterocycles. The van der Waals surface area contributed by atoms with E-state index in [0.29, 0.717) is 34.2 Å². The summed E-state index contributed by atoms with van der Waals surface area (Å²) in [6.07, 6.45) is 8.24. The quantitative estimate of drug-likeness (QED) is 0.0867. The number of ether oxygens (including phenoxy) is 2. The molecule has 0 radical (unpaired) electrons. The van der Waals surface area contributed by atoms with Gasteiger partial charge in [-0.2, -0.15) is 13.2 Å². The first-order valence-corrected chi connectivity index (χ1v) is 28.3. The number of carbonyl (C=O) groups is 4. The average molecular weight is 1160 g/mol. The Hall–Kier alpha value is -5.15. The van der Waals surface area contributed by atoms with Crippen LogP contribution in [0.2, 0.25) is 15.1 Å². The largest absolute Gasteiger partial charge is 0.493 e. The lowest BCUT2D eigenvalue weighted by molar-refractivity contribution is -0.192. The molecule has 2 aliphatic heterocycles. The van der Waals surface area contributed by atoms with Gasteiger partial charge in [-0.3, -0.25) is 19.3 Å². The minimum atomic E-state index is -5.08. The number of piperidine rings is 2. The minimum Gasteiger partial charge on any atom is -0.493 e. The third-order valence-corrected chi connectivity index (χ3v) is 16.5. The van der Waals surface area contributed by atoms with Crippen molar-refractivity contribution in [2.45, 2.75) is 106 Å². The number of hydrogen-bond donors (Lipinski definition) is 3. The number of ketones is 2. The molecule has 3 aliphatic carbocycles. The van der Waals surface area contributed by atoms with E-state index in [1.165, 1.54) is 25.8 Å². The Morgan fingerprint density at radius 2 is 0.962 bits per heavy atom. The van der Waals surface area contributed by atoms with E-state index in [-0.39, 0.29) is 22.5 Å². The van der Waals surface area contributed by atoms with Gasteiger partial charge in [0.2, 0.25) is 0 Å². The smallest absolute Gasteiger partial charge is 0.490 e. The summed E-state index contributed by atoms with van der Waals surface area (Å²) in [5.41, 5.74) is 1.83. The van der Waals surface area contributed by atoms with E-state index in [1.54, 1.807) is 12.1 Å². The second-order valence-electron chi connectivity index (χ2n) is 20.6. The van der Waals surface area contributed by atoms with E-state index in [4.69, 9.17) is 65.8 Å². The van der Waals surface area contributed by atoms with Gasteiger partial charge >= 0.3 is 18.1 Å². The Morgan fingerprint density at radius 1 is 0.564 bits per heavy atom. The summed E-state index contributed by atoms with van der Waals surface area (Å²) in [5.74, 6) is 0.202. The van der Waals surface area contributed by atoms with Gasteiger partial charge < -0.3 is 25.0 Å².